The highest BCUT2D eigenvalue weighted by Gasteiger charge is 2.56. The van der Waals surface area contributed by atoms with E-state index >= 15 is 0 Å². The molecule has 2 aromatic heterocycles. The van der Waals surface area contributed by atoms with Crippen LogP contribution in [0, 0.1) is 17.3 Å². The van der Waals surface area contributed by atoms with Crippen molar-refractivity contribution >= 4 is 11.8 Å². The van der Waals surface area contributed by atoms with Crippen molar-refractivity contribution in [2.45, 2.75) is 57.5 Å². The van der Waals surface area contributed by atoms with Crippen LogP contribution in [0.3, 0.4) is 0 Å². The van der Waals surface area contributed by atoms with Crippen molar-refractivity contribution in [2.75, 3.05) is 0 Å². The standard InChI is InChI=1S/C32H36N2O4/c1-32-15-14-26-25-11-9-23(38-31(36)30(35)22-6-4-16-33(2)19-22)18-21(25)8-10-27(26)28(32)12-13-29(32)37-24-7-5-17-34(3)20-24/h4-7,9,11,16-20,26-29H,8,10,12-15H2,1-3H3/q+2/t26?,27?,28?,29-,32-/m0/s1. The van der Waals surface area contributed by atoms with E-state index in [1.54, 1.807) is 22.9 Å². The summed E-state index contributed by atoms with van der Waals surface area (Å²) in [5, 5.41) is 0. The molecule has 1 aromatic carbocycles. The van der Waals surface area contributed by atoms with Crippen LogP contribution in [0.4, 0.5) is 0 Å². The quantitative estimate of drug-likeness (QED) is 0.167. The molecule has 5 atom stereocenters. The Balaban J connectivity index is 1.16. The number of aryl methyl sites for hydroxylation is 3. The first kappa shape index (κ1) is 24.8. The number of fused-ring (bicyclic) bond motifs is 5. The summed E-state index contributed by atoms with van der Waals surface area (Å²) in [5.74, 6) is 1.76. The maximum Gasteiger partial charge on any atom is 0.385 e. The number of hydrogen-bond acceptors (Lipinski definition) is 4. The van der Waals surface area contributed by atoms with Gasteiger partial charge in [-0.1, -0.05) is 13.0 Å². The third kappa shape index (κ3) is 4.40. The monoisotopic (exact) mass is 512 g/mol. The van der Waals surface area contributed by atoms with Crippen LogP contribution in [0.15, 0.2) is 67.3 Å². The lowest BCUT2D eigenvalue weighted by Gasteiger charge is -2.50. The van der Waals surface area contributed by atoms with E-state index in [0.29, 0.717) is 29.1 Å². The number of benzene rings is 1. The van der Waals surface area contributed by atoms with Crippen LogP contribution in [0.5, 0.6) is 11.5 Å². The maximum absolute atomic E-state index is 12.6. The molecule has 6 nitrogen and oxygen atoms in total. The van der Waals surface area contributed by atoms with Crippen LogP contribution in [-0.2, 0) is 25.3 Å². The number of nitrogens with zero attached hydrogens (tertiary/aromatic N) is 2. The number of ketones is 1. The molecule has 0 aliphatic heterocycles. The molecular weight excluding hydrogens is 476 g/mol. The Kier molecular flexibility index (Phi) is 6.29. The molecule has 2 fully saturated rings. The SMILES string of the molecule is C[n+]1cccc(O[C@H]2CCC3C4CCc5cc(OC(=O)C(=O)c6ccc[n+](C)c6)ccc5C4CC[C@@]32C)c1. The zero-order chi connectivity index (χ0) is 26.4. The minimum absolute atomic E-state index is 0.191. The van der Waals surface area contributed by atoms with Crippen molar-refractivity contribution in [2.24, 2.45) is 31.3 Å². The molecule has 2 saturated carbocycles. The summed E-state index contributed by atoms with van der Waals surface area (Å²) in [6, 6.07) is 13.5. The van der Waals surface area contributed by atoms with Gasteiger partial charge in [0.1, 0.15) is 25.9 Å². The number of ether oxygens (including phenoxy) is 2. The number of hydrogen-bond donors (Lipinski definition) is 0. The van der Waals surface area contributed by atoms with Gasteiger partial charge in [-0.25, -0.2) is 13.9 Å². The van der Waals surface area contributed by atoms with Gasteiger partial charge in [-0.05, 0) is 91.7 Å². The number of carbonyl (C=O) groups is 2. The summed E-state index contributed by atoms with van der Waals surface area (Å²) in [6.07, 6.45) is 14.5. The average Bonchev–Trinajstić information content (AvgIpc) is 3.24. The fourth-order valence-corrected chi connectivity index (χ4v) is 7.56. The third-order valence-electron chi connectivity index (χ3n) is 9.40. The number of esters is 1. The summed E-state index contributed by atoms with van der Waals surface area (Å²) >= 11 is 0. The maximum atomic E-state index is 12.6. The van der Waals surface area contributed by atoms with Gasteiger partial charge in [0.15, 0.2) is 24.3 Å². The molecule has 0 radical (unpaired) electrons. The average molecular weight is 513 g/mol. The van der Waals surface area contributed by atoms with E-state index in [9.17, 15) is 9.59 Å². The van der Waals surface area contributed by atoms with Gasteiger partial charge in [0.05, 0.1) is 5.56 Å². The second-order valence-corrected chi connectivity index (χ2v) is 11.7. The fraction of sp³-hybridized carbons (Fsp3) is 0.438. The van der Waals surface area contributed by atoms with Crippen LogP contribution >= 0.6 is 0 Å². The normalized spacial score (nSPS) is 27.6. The molecule has 3 aromatic rings. The van der Waals surface area contributed by atoms with Crippen molar-refractivity contribution in [3.8, 4) is 11.5 Å². The van der Waals surface area contributed by atoms with E-state index in [4.69, 9.17) is 9.47 Å². The van der Waals surface area contributed by atoms with E-state index in [1.807, 2.05) is 49.3 Å². The zero-order valence-corrected chi connectivity index (χ0v) is 22.4. The zero-order valence-electron chi connectivity index (χ0n) is 22.4. The van der Waals surface area contributed by atoms with Crippen LogP contribution in [-0.4, -0.2) is 17.9 Å². The van der Waals surface area contributed by atoms with Crippen molar-refractivity contribution in [3.05, 3.63) is 83.9 Å². The lowest BCUT2D eigenvalue weighted by Crippen LogP contribution is -2.45. The van der Waals surface area contributed by atoms with Crippen molar-refractivity contribution < 1.29 is 28.2 Å². The van der Waals surface area contributed by atoms with Crippen LogP contribution in [0.25, 0.3) is 0 Å². The van der Waals surface area contributed by atoms with Gasteiger partial charge in [-0.15, -0.1) is 0 Å². The topological polar surface area (TPSA) is 60.4 Å². The summed E-state index contributed by atoms with van der Waals surface area (Å²) < 4.78 is 15.9. The second kappa shape index (κ2) is 9.64. The highest BCUT2D eigenvalue weighted by molar-refractivity contribution is 6.41. The Bertz CT molecular complexity index is 1400. The molecule has 3 unspecified atom stereocenters. The van der Waals surface area contributed by atoms with Crippen LogP contribution < -0.4 is 18.6 Å². The van der Waals surface area contributed by atoms with Gasteiger partial charge >= 0.3 is 5.97 Å². The van der Waals surface area contributed by atoms with E-state index in [-0.39, 0.29) is 11.5 Å². The number of carbonyl (C=O) groups excluding carboxylic acids is 2. The Morgan fingerprint density at radius 2 is 1.71 bits per heavy atom. The van der Waals surface area contributed by atoms with Crippen LogP contribution in [0.2, 0.25) is 0 Å². The molecule has 0 N–H and O–H groups in total. The van der Waals surface area contributed by atoms with Crippen LogP contribution in [0.1, 0.15) is 66.4 Å². The largest absolute Gasteiger partial charge is 0.484 e. The third-order valence-corrected chi connectivity index (χ3v) is 9.40. The van der Waals surface area contributed by atoms with Gasteiger partial charge in [-0.3, -0.25) is 4.79 Å². The highest BCUT2D eigenvalue weighted by atomic mass is 16.5. The van der Waals surface area contributed by atoms with E-state index in [1.165, 1.54) is 17.5 Å². The van der Waals surface area contributed by atoms with Crippen molar-refractivity contribution in [1.82, 2.24) is 0 Å². The molecule has 3 aliphatic carbocycles. The Labute approximate surface area is 224 Å². The molecule has 0 spiro atoms. The van der Waals surface area contributed by atoms with E-state index < -0.39 is 11.8 Å². The molecule has 0 amide bonds. The first-order valence-corrected chi connectivity index (χ1v) is 13.8. The summed E-state index contributed by atoms with van der Waals surface area (Å²) in [7, 11) is 3.85. The molecule has 196 valence electrons. The molecule has 3 aliphatic rings. The molecule has 0 bridgehead atoms. The number of aromatic nitrogens is 2. The number of pyridine rings is 2. The fourth-order valence-electron chi connectivity index (χ4n) is 7.56. The van der Waals surface area contributed by atoms with Crippen molar-refractivity contribution in [1.29, 1.82) is 0 Å². The number of Topliss-reactive ketones (excluding diaryl/α,β-unsaturated/α-hetero) is 1. The molecular formula is C32H36N2O4+2. The molecule has 6 rings (SSSR count). The Morgan fingerprint density at radius 3 is 2.50 bits per heavy atom. The van der Waals surface area contributed by atoms with E-state index in [0.717, 1.165) is 37.9 Å². The predicted octanol–water partition coefficient (Wildman–Crippen LogP) is 4.43. The molecule has 6 heteroatoms. The summed E-state index contributed by atoms with van der Waals surface area (Å²) in [4.78, 5) is 25.1. The second-order valence-electron chi connectivity index (χ2n) is 11.7. The van der Waals surface area contributed by atoms with Gasteiger partial charge in [0.25, 0.3) is 5.78 Å². The molecule has 38 heavy (non-hydrogen) atoms. The minimum atomic E-state index is -0.845. The molecule has 2 heterocycles. The van der Waals surface area contributed by atoms with E-state index in [2.05, 4.69) is 25.3 Å². The number of rotatable bonds is 5. The smallest absolute Gasteiger partial charge is 0.385 e. The van der Waals surface area contributed by atoms with Crippen molar-refractivity contribution in [3.63, 3.8) is 0 Å². The lowest BCUT2D eigenvalue weighted by atomic mass is 9.55. The summed E-state index contributed by atoms with van der Waals surface area (Å²) in [6.45, 7) is 2.45. The lowest BCUT2D eigenvalue weighted by molar-refractivity contribution is -0.671. The minimum Gasteiger partial charge on any atom is -0.484 e. The van der Waals surface area contributed by atoms with Gasteiger partial charge in [0.2, 0.25) is 6.20 Å². The first-order chi connectivity index (χ1) is 18.3. The predicted molar refractivity (Wildman–Crippen MR) is 141 cm³/mol. The Morgan fingerprint density at radius 1 is 0.921 bits per heavy atom. The molecule has 0 saturated heterocycles. The Hall–Kier alpha value is -3.54. The van der Waals surface area contributed by atoms with Gasteiger partial charge in [0, 0.05) is 17.5 Å². The first-order valence-electron chi connectivity index (χ1n) is 13.8. The summed E-state index contributed by atoms with van der Waals surface area (Å²) in [5.41, 5.74) is 3.16. The van der Waals surface area contributed by atoms with Gasteiger partial charge < -0.3 is 9.47 Å². The highest BCUT2D eigenvalue weighted by Crippen LogP contribution is 2.61. The van der Waals surface area contributed by atoms with Gasteiger partial charge in [-0.2, -0.15) is 0 Å².